The summed E-state index contributed by atoms with van der Waals surface area (Å²) in [6.07, 6.45) is 19.3. The van der Waals surface area contributed by atoms with Crippen molar-refractivity contribution in [3.63, 3.8) is 0 Å². The van der Waals surface area contributed by atoms with Crippen molar-refractivity contribution >= 4 is 17.8 Å². The number of benzene rings is 2. The smallest absolute Gasteiger partial charge is 0.278 e. The number of nitrogens with zero attached hydrogens (tertiary/aromatic N) is 3. The summed E-state index contributed by atoms with van der Waals surface area (Å²) in [5, 5.41) is 22.1. The molecule has 2 unspecified atom stereocenters. The Kier molecular flexibility index (Phi) is 11.1. The first-order chi connectivity index (χ1) is 18.5. The van der Waals surface area contributed by atoms with Crippen LogP contribution in [0.5, 0.6) is 0 Å². The lowest BCUT2D eigenvalue weighted by atomic mass is 9.79. The number of hydrogen-bond acceptors (Lipinski definition) is 4. The van der Waals surface area contributed by atoms with Crippen LogP contribution in [0.4, 0.5) is 5.69 Å². The second kappa shape index (κ2) is 14.7. The third kappa shape index (κ3) is 7.79. The number of nitriles is 1. The Balaban J connectivity index is 1.76. The summed E-state index contributed by atoms with van der Waals surface area (Å²) in [6, 6.07) is 20.2. The van der Waals surface area contributed by atoms with Gasteiger partial charge in [0.1, 0.15) is 5.92 Å². The van der Waals surface area contributed by atoms with Crippen molar-refractivity contribution in [3.8, 4) is 6.07 Å². The molecular weight excluding hydrogens is 470 g/mol. The standard InChI is InChI=1S/C33H39N3O2/c1-3-5-10-24-35(25-11-6-4-2)32-18-16-29(17-19-32)20-22-33(36(37)38)23-21-30(26-31(33)27-34)15-14-28-12-8-7-9-13-28/h7-9,12-23,26,31H,3-6,10-11,24-25H2,1-2H3. The van der Waals surface area contributed by atoms with Gasteiger partial charge in [0.25, 0.3) is 5.54 Å². The van der Waals surface area contributed by atoms with E-state index < -0.39 is 11.5 Å². The maximum absolute atomic E-state index is 12.2. The second-order valence-corrected chi connectivity index (χ2v) is 9.82. The zero-order chi connectivity index (χ0) is 27.2. The van der Waals surface area contributed by atoms with Gasteiger partial charge in [0.2, 0.25) is 0 Å². The van der Waals surface area contributed by atoms with Crippen molar-refractivity contribution in [3.05, 3.63) is 112 Å². The molecule has 0 amide bonds. The minimum absolute atomic E-state index is 0.361. The molecule has 0 spiro atoms. The zero-order valence-corrected chi connectivity index (χ0v) is 22.6. The summed E-state index contributed by atoms with van der Waals surface area (Å²) < 4.78 is 0. The molecule has 0 aliphatic heterocycles. The Morgan fingerprint density at radius 2 is 1.55 bits per heavy atom. The van der Waals surface area contributed by atoms with E-state index in [0.29, 0.717) is 0 Å². The predicted octanol–water partition coefficient (Wildman–Crippen LogP) is 8.25. The van der Waals surface area contributed by atoms with E-state index in [1.54, 1.807) is 30.4 Å². The summed E-state index contributed by atoms with van der Waals surface area (Å²) in [4.78, 5) is 14.3. The number of nitro groups is 1. The van der Waals surface area contributed by atoms with Crippen LogP contribution < -0.4 is 4.90 Å². The van der Waals surface area contributed by atoms with E-state index in [0.717, 1.165) is 29.8 Å². The minimum atomic E-state index is -1.61. The van der Waals surface area contributed by atoms with E-state index in [1.165, 1.54) is 44.2 Å². The molecule has 0 fully saturated rings. The largest absolute Gasteiger partial charge is 0.372 e. The van der Waals surface area contributed by atoms with Crippen LogP contribution >= 0.6 is 0 Å². The van der Waals surface area contributed by atoms with E-state index in [1.807, 2.05) is 54.6 Å². The number of anilines is 1. The second-order valence-electron chi connectivity index (χ2n) is 9.82. The maximum atomic E-state index is 12.2. The Labute approximate surface area is 227 Å². The topological polar surface area (TPSA) is 70.2 Å². The highest BCUT2D eigenvalue weighted by molar-refractivity contribution is 5.60. The Morgan fingerprint density at radius 1 is 0.921 bits per heavy atom. The molecular formula is C33H39N3O2. The van der Waals surface area contributed by atoms with E-state index in [9.17, 15) is 15.4 Å². The predicted molar refractivity (Wildman–Crippen MR) is 158 cm³/mol. The number of rotatable bonds is 14. The molecule has 5 heteroatoms. The molecule has 198 valence electrons. The van der Waals surface area contributed by atoms with Gasteiger partial charge < -0.3 is 4.90 Å². The monoisotopic (exact) mass is 509 g/mol. The lowest BCUT2D eigenvalue weighted by molar-refractivity contribution is -0.545. The van der Waals surface area contributed by atoms with E-state index in [4.69, 9.17) is 0 Å². The number of allylic oxidation sites excluding steroid dienone is 3. The Bertz CT molecular complexity index is 1180. The van der Waals surface area contributed by atoms with Crippen LogP contribution in [-0.2, 0) is 0 Å². The van der Waals surface area contributed by atoms with Crippen LogP contribution in [0.1, 0.15) is 63.5 Å². The molecule has 1 aliphatic rings. The van der Waals surface area contributed by atoms with Gasteiger partial charge in [-0.25, -0.2) is 0 Å². The van der Waals surface area contributed by atoms with Gasteiger partial charge in [-0.15, -0.1) is 0 Å². The first-order valence-electron chi connectivity index (χ1n) is 13.7. The van der Waals surface area contributed by atoms with E-state index in [2.05, 4.69) is 36.9 Å². The summed E-state index contributed by atoms with van der Waals surface area (Å²) in [5.41, 5.74) is 2.26. The number of hydrogen-bond donors (Lipinski definition) is 0. The molecule has 0 aromatic heterocycles. The first-order valence-corrected chi connectivity index (χ1v) is 13.7. The maximum Gasteiger partial charge on any atom is 0.278 e. The Hall–Kier alpha value is -3.91. The van der Waals surface area contributed by atoms with Crippen molar-refractivity contribution in [2.75, 3.05) is 18.0 Å². The third-order valence-electron chi connectivity index (χ3n) is 6.99. The van der Waals surface area contributed by atoms with Gasteiger partial charge in [0, 0.05) is 23.7 Å². The SMILES string of the molecule is CCCCCN(CCCCC)c1ccc(C=CC2([N+](=O)[O-])C=CC(C=Cc3ccccc3)=CC2C#N)cc1. The van der Waals surface area contributed by atoms with Crippen molar-refractivity contribution in [2.24, 2.45) is 5.92 Å². The fourth-order valence-corrected chi connectivity index (χ4v) is 4.62. The summed E-state index contributed by atoms with van der Waals surface area (Å²) in [7, 11) is 0. The van der Waals surface area contributed by atoms with Crippen molar-refractivity contribution in [1.29, 1.82) is 5.26 Å². The molecule has 0 radical (unpaired) electrons. The Morgan fingerprint density at radius 3 is 2.13 bits per heavy atom. The van der Waals surface area contributed by atoms with Gasteiger partial charge in [-0.2, -0.15) is 5.26 Å². The summed E-state index contributed by atoms with van der Waals surface area (Å²) in [6.45, 7) is 6.52. The molecule has 3 rings (SSSR count). The molecule has 2 aromatic rings. The molecule has 0 saturated heterocycles. The van der Waals surface area contributed by atoms with Crippen LogP contribution in [0.2, 0.25) is 0 Å². The third-order valence-corrected chi connectivity index (χ3v) is 6.99. The summed E-state index contributed by atoms with van der Waals surface area (Å²) in [5.74, 6) is -0.916. The van der Waals surface area contributed by atoms with Crippen LogP contribution in [0.3, 0.4) is 0 Å². The lowest BCUT2D eigenvalue weighted by Crippen LogP contribution is -2.42. The van der Waals surface area contributed by atoms with Crippen LogP contribution in [0.15, 0.2) is 90.6 Å². The van der Waals surface area contributed by atoms with Crippen molar-refractivity contribution in [1.82, 2.24) is 0 Å². The molecule has 2 aromatic carbocycles. The molecule has 0 N–H and O–H groups in total. The normalized spacial score (nSPS) is 19.0. The molecule has 2 atom stereocenters. The van der Waals surface area contributed by atoms with Crippen LogP contribution in [0.25, 0.3) is 12.2 Å². The lowest BCUT2D eigenvalue weighted by Gasteiger charge is -2.25. The molecule has 1 aliphatic carbocycles. The fourth-order valence-electron chi connectivity index (χ4n) is 4.62. The first kappa shape index (κ1) is 28.7. The zero-order valence-electron chi connectivity index (χ0n) is 22.6. The van der Waals surface area contributed by atoms with Gasteiger partial charge in [0.15, 0.2) is 0 Å². The van der Waals surface area contributed by atoms with E-state index >= 15 is 0 Å². The molecule has 0 saturated carbocycles. The van der Waals surface area contributed by atoms with Gasteiger partial charge in [-0.05, 0) is 53.8 Å². The van der Waals surface area contributed by atoms with Gasteiger partial charge in [0.05, 0.1) is 6.07 Å². The average molecular weight is 510 g/mol. The van der Waals surface area contributed by atoms with Crippen molar-refractivity contribution in [2.45, 2.75) is 57.9 Å². The molecule has 5 nitrogen and oxygen atoms in total. The van der Waals surface area contributed by atoms with Crippen LogP contribution in [-0.4, -0.2) is 23.6 Å². The summed E-state index contributed by atoms with van der Waals surface area (Å²) >= 11 is 0. The fraction of sp³-hybridized carbons (Fsp3) is 0.364. The van der Waals surface area contributed by atoms with Gasteiger partial charge in [-0.1, -0.05) is 112 Å². The average Bonchev–Trinajstić information content (AvgIpc) is 2.95. The highest BCUT2D eigenvalue weighted by Crippen LogP contribution is 2.33. The van der Waals surface area contributed by atoms with Crippen LogP contribution in [0, 0.1) is 27.4 Å². The minimum Gasteiger partial charge on any atom is -0.372 e. The molecule has 0 bridgehead atoms. The van der Waals surface area contributed by atoms with Crippen molar-refractivity contribution < 1.29 is 4.92 Å². The number of unbranched alkanes of at least 4 members (excludes halogenated alkanes) is 4. The van der Waals surface area contributed by atoms with Gasteiger partial charge in [-0.3, -0.25) is 10.1 Å². The van der Waals surface area contributed by atoms with E-state index in [-0.39, 0.29) is 4.92 Å². The highest BCUT2D eigenvalue weighted by Gasteiger charge is 2.47. The quantitative estimate of drug-likeness (QED) is 0.146. The molecule has 0 heterocycles. The van der Waals surface area contributed by atoms with Gasteiger partial charge >= 0.3 is 0 Å². The molecule has 38 heavy (non-hydrogen) atoms. The highest BCUT2D eigenvalue weighted by atomic mass is 16.6.